The molecule has 1 atom stereocenters. The molecule has 3 aromatic rings. The minimum absolute atomic E-state index is 0.00506. The number of benzene rings is 2. The fraction of sp³-hybridized carbons (Fsp3) is 0.250. The Morgan fingerprint density at radius 3 is 2.72 bits per heavy atom. The van der Waals surface area contributed by atoms with E-state index in [0.29, 0.717) is 6.42 Å². The zero-order chi connectivity index (χ0) is 17.6. The molecule has 1 aromatic heterocycles. The van der Waals surface area contributed by atoms with Gasteiger partial charge in [0.1, 0.15) is 6.33 Å². The average molecular weight is 334 g/mol. The Kier molecular flexibility index (Phi) is 5.23. The molecule has 0 aliphatic rings. The van der Waals surface area contributed by atoms with Crippen molar-refractivity contribution in [3.05, 3.63) is 66.5 Å². The molecule has 1 unspecified atom stereocenters. The van der Waals surface area contributed by atoms with Crippen molar-refractivity contribution in [1.82, 2.24) is 14.8 Å². The Hall–Kier alpha value is -2.95. The lowest BCUT2D eigenvalue weighted by Gasteiger charge is -2.12. The molecule has 2 aromatic carbocycles. The number of aryl methyl sites for hydroxylation is 1. The minimum atomic E-state index is 0.00506. The zero-order valence-corrected chi connectivity index (χ0v) is 14.5. The third-order valence-electron chi connectivity index (χ3n) is 4.22. The number of nitrogens with one attached hydrogen (secondary N) is 1. The highest BCUT2D eigenvalue weighted by molar-refractivity contribution is 5.91. The monoisotopic (exact) mass is 334 g/mol. The maximum atomic E-state index is 12.4. The van der Waals surface area contributed by atoms with E-state index in [1.165, 1.54) is 5.56 Å². The molecule has 1 N–H and O–H groups in total. The van der Waals surface area contributed by atoms with Gasteiger partial charge in [0, 0.05) is 24.2 Å². The molecular formula is C20H22N4O. The van der Waals surface area contributed by atoms with Crippen LogP contribution in [0.3, 0.4) is 0 Å². The number of rotatable bonds is 6. The van der Waals surface area contributed by atoms with Gasteiger partial charge in [-0.05, 0) is 30.5 Å². The van der Waals surface area contributed by atoms with Gasteiger partial charge in [0.25, 0.3) is 0 Å². The van der Waals surface area contributed by atoms with Crippen LogP contribution in [0.5, 0.6) is 0 Å². The van der Waals surface area contributed by atoms with Crippen LogP contribution in [0.15, 0.2) is 60.9 Å². The SMILES string of the molecule is CCn1cnnc1-c1cccc(NC(=O)CC(C)c2ccccc2)c1. The van der Waals surface area contributed by atoms with Crippen molar-refractivity contribution in [2.45, 2.75) is 32.7 Å². The van der Waals surface area contributed by atoms with Crippen molar-refractivity contribution in [2.24, 2.45) is 0 Å². The summed E-state index contributed by atoms with van der Waals surface area (Å²) >= 11 is 0. The molecule has 5 nitrogen and oxygen atoms in total. The highest BCUT2D eigenvalue weighted by Gasteiger charge is 2.12. The average Bonchev–Trinajstić information content (AvgIpc) is 3.11. The van der Waals surface area contributed by atoms with Crippen LogP contribution < -0.4 is 5.32 Å². The highest BCUT2D eigenvalue weighted by atomic mass is 16.1. The van der Waals surface area contributed by atoms with Gasteiger partial charge in [-0.15, -0.1) is 10.2 Å². The van der Waals surface area contributed by atoms with Crippen LogP contribution in [0.4, 0.5) is 5.69 Å². The summed E-state index contributed by atoms with van der Waals surface area (Å²) < 4.78 is 1.97. The van der Waals surface area contributed by atoms with E-state index >= 15 is 0 Å². The highest BCUT2D eigenvalue weighted by Crippen LogP contribution is 2.22. The van der Waals surface area contributed by atoms with Crippen molar-refractivity contribution >= 4 is 11.6 Å². The van der Waals surface area contributed by atoms with Gasteiger partial charge >= 0.3 is 0 Å². The zero-order valence-electron chi connectivity index (χ0n) is 14.5. The first-order chi connectivity index (χ1) is 12.2. The van der Waals surface area contributed by atoms with E-state index in [1.54, 1.807) is 6.33 Å². The molecule has 0 spiro atoms. The Morgan fingerprint density at radius 2 is 1.96 bits per heavy atom. The third kappa shape index (κ3) is 4.12. The molecule has 0 saturated carbocycles. The summed E-state index contributed by atoms with van der Waals surface area (Å²) in [5.74, 6) is 0.981. The summed E-state index contributed by atoms with van der Waals surface area (Å²) in [6.45, 7) is 4.91. The first-order valence-electron chi connectivity index (χ1n) is 8.50. The quantitative estimate of drug-likeness (QED) is 0.738. The number of hydrogen-bond acceptors (Lipinski definition) is 3. The van der Waals surface area contributed by atoms with Gasteiger partial charge in [0.05, 0.1) is 0 Å². The van der Waals surface area contributed by atoms with Crippen molar-refractivity contribution < 1.29 is 4.79 Å². The van der Waals surface area contributed by atoms with E-state index in [2.05, 4.69) is 34.6 Å². The van der Waals surface area contributed by atoms with E-state index in [4.69, 9.17) is 0 Å². The maximum absolute atomic E-state index is 12.4. The number of hydrogen-bond donors (Lipinski definition) is 1. The van der Waals surface area contributed by atoms with Crippen molar-refractivity contribution in [1.29, 1.82) is 0 Å². The van der Waals surface area contributed by atoms with E-state index in [-0.39, 0.29) is 11.8 Å². The molecule has 0 aliphatic heterocycles. The summed E-state index contributed by atoms with van der Waals surface area (Å²) in [6.07, 6.45) is 2.15. The molecular weight excluding hydrogens is 312 g/mol. The molecule has 0 aliphatic carbocycles. The Morgan fingerprint density at radius 1 is 1.16 bits per heavy atom. The van der Waals surface area contributed by atoms with Gasteiger partial charge in [0.15, 0.2) is 5.82 Å². The lowest BCUT2D eigenvalue weighted by Crippen LogP contribution is -2.14. The summed E-state index contributed by atoms with van der Waals surface area (Å²) in [6, 6.07) is 17.8. The van der Waals surface area contributed by atoms with Crippen LogP contribution in [-0.4, -0.2) is 20.7 Å². The Balaban J connectivity index is 1.69. The normalized spacial score (nSPS) is 11.9. The van der Waals surface area contributed by atoms with Crippen LogP contribution in [0.25, 0.3) is 11.4 Å². The Labute approximate surface area is 147 Å². The Bertz CT molecular complexity index is 842. The number of nitrogens with zero attached hydrogens (tertiary/aromatic N) is 3. The summed E-state index contributed by atoms with van der Waals surface area (Å²) in [4.78, 5) is 12.4. The van der Waals surface area contributed by atoms with E-state index < -0.39 is 0 Å². The number of carbonyl (C=O) groups excluding carboxylic acids is 1. The number of anilines is 1. The molecule has 0 bridgehead atoms. The van der Waals surface area contributed by atoms with Gasteiger partial charge in [-0.1, -0.05) is 49.4 Å². The van der Waals surface area contributed by atoms with Crippen LogP contribution in [-0.2, 0) is 11.3 Å². The largest absolute Gasteiger partial charge is 0.326 e. The van der Waals surface area contributed by atoms with Crippen LogP contribution in [0.2, 0.25) is 0 Å². The fourth-order valence-corrected chi connectivity index (χ4v) is 2.84. The van der Waals surface area contributed by atoms with Gasteiger partial charge in [-0.3, -0.25) is 4.79 Å². The second-order valence-corrected chi connectivity index (χ2v) is 6.09. The molecule has 25 heavy (non-hydrogen) atoms. The minimum Gasteiger partial charge on any atom is -0.326 e. The van der Waals surface area contributed by atoms with Crippen LogP contribution in [0.1, 0.15) is 31.7 Å². The molecule has 0 fully saturated rings. The lowest BCUT2D eigenvalue weighted by molar-refractivity contribution is -0.116. The smallest absolute Gasteiger partial charge is 0.224 e. The molecule has 0 saturated heterocycles. The molecule has 0 radical (unpaired) electrons. The predicted octanol–water partition coefficient (Wildman–Crippen LogP) is 4.10. The van der Waals surface area contributed by atoms with Gasteiger partial charge < -0.3 is 9.88 Å². The molecule has 3 rings (SSSR count). The van der Waals surface area contributed by atoms with E-state index in [9.17, 15) is 4.79 Å². The number of aromatic nitrogens is 3. The van der Waals surface area contributed by atoms with Gasteiger partial charge in [0.2, 0.25) is 5.91 Å². The molecule has 128 valence electrons. The maximum Gasteiger partial charge on any atom is 0.224 e. The summed E-state index contributed by atoms with van der Waals surface area (Å²) in [7, 11) is 0. The van der Waals surface area contributed by atoms with Crippen LogP contribution >= 0.6 is 0 Å². The number of carbonyl (C=O) groups is 1. The van der Waals surface area contributed by atoms with Crippen LogP contribution in [0, 0.1) is 0 Å². The predicted molar refractivity (Wildman–Crippen MR) is 99.2 cm³/mol. The standard InChI is InChI=1S/C20H22N4O/c1-3-24-14-21-23-20(24)17-10-7-11-18(13-17)22-19(25)12-15(2)16-8-5-4-6-9-16/h4-11,13-15H,3,12H2,1-2H3,(H,22,25). The third-order valence-corrected chi connectivity index (χ3v) is 4.22. The first kappa shape index (κ1) is 16.9. The van der Waals surface area contributed by atoms with E-state index in [1.807, 2.05) is 54.0 Å². The van der Waals surface area contributed by atoms with Crippen molar-refractivity contribution in [2.75, 3.05) is 5.32 Å². The number of amides is 1. The molecule has 5 heteroatoms. The second kappa shape index (κ2) is 7.75. The van der Waals surface area contributed by atoms with E-state index in [0.717, 1.165) is 23.6 Å². The summed E-state index contributed by atoms with van der Waals surface area (Å²) in [5, 5.41) is 11.1. The first-order valence-corrected chi connectivity index (χ1v) is 8.50. The van der Waals surface area contributed by atoms with Gasteiger partial charge in [-0.2, -0.15) is 0 Å². The topological polar surface area (TPSA) is 59.8 Å². The van der Waals surface area contributed by atoms with Crippen molar-refractivity contribution in [3.8, 4) is 11.4 Å². The lowest BCUT2D eigenvalue weighted by atomic mass is 9.97. The molecule has 1 heterocycles. The molecule has 1 amide bonds. The summed E-state index contributed by atoms with van der Waals surface area (Å²) in [5.41, 5.74) is 2.88. The fourth-order valence-electron chi connectivity index (χ4n) is 2.84. The van der Waals surface area contributed by atoms with Crippen molar-refractivity contribution in [3.63, 3.8) is 0 Å². The van der Waals surface area contributed by atoms with Gasteiger partial charge in [-0.25, -0.2) is 0 Å². The second-order valence-electron chi connectivity index (χ2n) is 6.09.